The zero-order valence-corrected chi connectivity index (χ0v) is 24.4. The molecule has 4 aromatic rings. The van der Waals surface area contributed by atoms with Crippen LogP contribution in [-0.4, -0.2) is 73.6 Å². The number of hydrogen-bond acceptors (Lipinski definition) is 11. The predicted molar refractivity (Wildman–Crippen MR) is 161 cm³/mol. The minimum atomic E-state index is -0.922. The van der Waals surface area contributed by atoms with Crippen LogP contribution in [0.4, 0.5) is 16.3 Å². The van der Waals surface area contributed by atoms with Crippen LogP contribution in [0.2, 0.25) is 0 Å². The minimum Gasteiger partial charge on any atom is -0.424 e. The third-order valence-electron chi connectivity index (χ3n) is 7.31. The van der Waals surface area contributed by atoms with Crippen molar-refractivity contribution in [2.24, 2.45) is 4.99 Å². The number of fused-ring (bicyclic) bond motifs is 1. The van der Waals surface area contributed by atoms with E-state index in [-0.39, 0.29) is 23.1 Å². The van der Waals surface area contributed by atoms with Gasteiger partial charge in [0.25, 0.3) is 11.8 Å². The summed E-state index contributed by atoms with van der Waals surface area (Å²) in [6.07, 6.45) is 9.68. The molecule has 3 amide bonds. The van der Waals surface area contributed by atoms with E-state index in [4.69, 9.17) is 9.47 Å². The molecule has 0 bridgehead atoms. The van der Waals surface area contributed by atoms with Crippen molar-refractivity contribution in [2.75, 3.05) is 18.7 Å². The number of benzene rings is 1. The first kappa shape index (κ1) is 29.2. The second kappa shape index (κ2) is 12.4. The summed E-state index contributed by atoms with van der Waals surface area (Å²) in [6, 6.07) is 7.84. The first-order valence-corrected chi connectivity index (χ1v) is 14.1. The molecule has 1 saturated carbocycles. The summed E-state index contributed by atoms with van der Waals surface area (Å²) >= 11 is 0. The van der Waals surface area contributed by atoms with Crippen molar-refractivity contribution >= 4 is 46.7 Å². The Morgan fingerprint density at radius 3 is 2.58 bits per heavy atom. The second-order valence-corrected chi connectivity index (χ2v) is 10.4. The summed E-state index contributed by atoms with van der Waals surface area (Å²) in [7, 11) is 0. The van der Waals surface area contributed by atoms with Gasteiger partial charge in [-0.1, -0.05) is 12.1 Å². The fourth-order valence-corrected chi connectivity index (χ4v) is 4.77. The number of nitrogens with zero attached hydrogens (tertiary/aromatic N) is 6. The number of rotatable bonds is 8. The SMILES string of the molecule is Cc1ccc(C(=O)NC2=NCC=C2)cc1Nc1ncnn2cc(C(=O)N(C(=O)OCOC(=O)c3ccncc3)C3CC3)c(C)c12. The van der Waals surface area contributed by atoms with Crippen LogP contribution in [0.1, 0.15) is 55.0 Å². The molecule has 3 aromatic heterocycles. The Morgan fingerprint density at radius 2 is 1.84 bits per heavy atom. The number of aryl methyl sites for hydroxylation is 2. The molecule has 6 rings (SSSR count). The molecule has 1 fully saturated rings. The van der Waals surface area contributed by atoms with Crippen molar-refractivity contribution < 1.29 is 28.7 Å². The lowest BCUT2D eigenvalue weighted by Crippen LogP contribution is -2.39. The van der Waals surface area contributed by atoms with Gasteiger partial charge in [0.1, 0.15) is 17.7 Å². The molecule has 0 spiro atoms. The van der Waals surface area contributed by atoms with E-state index in [2.05, 4.69) is 30.7 Å². The van der Waals surface area contributed by atoms with Crippen molar-refractivity contribution in [3.05, 3.63) is 95.2 Å². The fraction of sp³-hybridized carbons (Fsp3) is 0.226. The number of amidine groups is 1. The van der Waals surface area contributed by atoms with Gasteiger partial charge in [-0.05, 0) is 68.2 Å². The summed E-state index contributed by atoms with van der Waals surface area (Å²) in [5, 5.41) is 10.3. The van der Waals surface area contributed by atoms with Crippen molar-refractivity contribution in [3.63, 3.8) is 0 Å². The van der Waals surface area contributed by atoms with Gasteiger partial charge in [0.05, 0.1) is 17.7 Å². The highest BCUT2D eigenvalue weighted by Gasteiger charge is 2.40. The topological polar surface area (TPSA) is 169 Å². The highest BCUT2D eigenvalue weighted by Crippen LogP contribution is 2.32. The van der Waals surface area contributed by atoms with Crippen LogP contribution >= 0.6 is 0 Å². The average Bonchev–Trinajstić information content (AvgIpc) is 3.62. The van der Waals surface area contributed by atoms with Crippen LogP contribution in [0, 0.1) is 13.8 Å². The lowest BCUT2D eigenvalue weighted by atomic mass is 10.1. The molecule has 1 aliphatic carbocycles. The molecule has 14 nitrogen and oxygen atoms in total. The quantitative estimate of drug-likeness (QED) is 0.222. The van der Waals surface area contributed by atoms with Gasteiger partial charge in [0, 0.05) is 35.9 Å². The number of ether oxygens (including phenoxy) is 2. The minimum absolute atomic E-state index is 0.228. The number of carbonyl (C=O) groups is 4. The maximum Gasteiger partial charge on any atom is 0.419 e. The van der Waals surface area contributed by atoms with E-state index >= 15 is 0 Å². The summed E-state index contributed by atoms with van der Waals surface area (Å²) < 4.78 is 11.7. The van der Waals surface area contributed by atoms with Crippen LogP contribution in [0.25, 0.3) is 5.52 Å². The number of amides is 3. The van der Waals surface area contributed by atoms with Gasteiger partial charge < -0.3 is 20.1 Å². The van der Waals surface area contributed by atoms with Gasteiger partial charge in [0.2, 0.25) is 6.79 Å². The summed E-state index contributed by atoms with van der Waals surface area (Å²) in [5.41, 5.74) is 3.42. The number of carbonyl (C=O) groups excluding carboxylic acids is 4. The van der Waals surface area contributed by atoms with Gasteiger partial charge in [-0.25, -0.2) is 24.0 Å². The van der Waals surface area contributed by atoms with Crippen LogP contribution in [0.5, 0.6) is 0 Å². The zero-order valence-electron chi connectivity index (χ0n) is 24.4. The smallest absolute Gasteiger partial charge is 0.419 e. The van der Waals surface area contributed by atoms with Crippen molar-refractivity contribution in [1.29, 1.82) is 0 Å². The van der Waals surface area contributed by atoms with Crippen molar-refractivity contribution in [1.82, 2.24) is 29.8 Å². The second-order valence-electron chi connectivity index (χ2n) is 10.4. The Labute approximate surface area is 256 Å². The number of aromatic nitrogens is 4. The van der Waals surface area contributed by atoms with Crippen LogP contribution in [0.15, 0.2) is 72.4 Å². The number of nitrogens with one attached hydrogen (secondary N) is 2. The molecular weight excluding hydrogens is 580 g/mol. The standard InChI is InChI=1S/C31H28N8O6/c1-18-5-6-21(28(40)37-25-4-3-11-33-25)14-24(18)36-27-26-19(2)23(15-38(26)35-16-34-27)29(41)39(22-7-8-22)31(43)45-17-44-30(42)20-9-12-32-13-10-20/h3-6,9-10,12-16,22H,7-8,11,17H2,1-2H3,(H,33,37,40)(H,34,35,36). The first-order chi connectivity index (χ1) is 21.8. The summed E-state index contributed by atoms with van der Waals surface area (Å²) in [6.45, 7) is 3.49. The summed E-state index contributed by atoms with van der Waals surface area (Å²) in [4.78, 5) is 65.2. The molecule has 1 aromatic carbocycles. The molecule has 228 valence electrons. The third kappa shape index (κ3) is 6.25. The van der Waals surface area contributed by atoms with E-state index in [0.29, 0.717) is 53.4 Å². The number of imide groups is 1. The van der Waals surface area contributed by atoms with Crippen molar-refractivity contribution in [2.45, 2.75) is 32.7 Å². The van der Waals surface area contributed by atoms with E-state index in [0.717, 1.165) is 10.5 Å². The zero-order chi connectivity index (χ0) is 31.5. The number of esters is 1. The Balaban J connectivity index is 1.20. The molecule has 4 heterocycles. The lowest BCUT2D eigenvalue weighted by Gasteiger charge is -2.19. The maximum absolute atomic E-state index is 13.7. The monoisotopic (exact) mass is 608 g/mol. The predicted octanol–water partition coefficient (Wildman–Crippen LogP) is 3.74. The molecule has 45 heavy (non-hydrogen) atoms. The van der Waals surface area contributed by atoms with Gasteiger partial charge in [0.15, 0.2) is 5.82 Å². The van der Waals surface area contributed by atoms with Crippen LogP contribution in [-0.2, 0) is 9.47 Å². The Hall–Kier alpha value is -5.92. The third-order valence-corrected chi connectivity index (χ3v) is 7.31. The first-order valence-electron chi connectivity index (χ1n) is 14.1. The van der Waals surface area contributed by atoms with E-state index < -0.39 is 24.8 Å². The van der Waals surface area contributed by atoms with Gasteiger partial charge in [-0.2, -0.15) is 5.10 Å². The molecule has 0 unspecified atom stereocenters. The van der Waals surface area contributed by atoms with E-state index in [1.807, 2.05) is 19.1 Å². The lowest BCUT2D eigenvalue weighted by molar-refractivity contribution is -0.0110. The van der Waals surface area contributed by atoms with E-state index in [1.165, 1.54) is 41.6 Å². The molecular formula is C31H28N8O6. The molecule has 0 atom stereocenters. The van der Waals surface area contributed by atoms with Gasteiger partial charge >= 0.3 is 12.1 Å². The summed E-state index contributed by atoms with van der Waals surface area (Å²) in [5.74, 6) is -0.667. The van der Waals surface area contributed by atoms with Crippen molar-refractivity contribution in [3.8, 4) is 0 Å². The number of aliphatic imine (C=N–C) groups is 1. The van der Waals surface area contributed by atoms with Gasteiger partial charge in [-0.15, -0.1) is 0 Å². The van der Waals surface area contributed by atoms with Crippen LogP contribution in [0.3, 0.4) is 0 Å². The molecule has 2 aliphatic rings. The van der Waals surface area contributed by atoms with E-state index in [9.17, 15) is 19.2 Å². The molecule has 14 heteroatoms. The number of hydrogen-bond donors (Lipinski definition) is 2. The Bertz CT molecular complexity index is 1880. The molecule has 2 N–H and O–H groups in total. The Kier molecular flexibility index (Phi) is 8.01. The van der Waals surface area contributed by atoms with Crippen LogP contribution < -0.4 is 10.6 Å². The van der Waals surface area contributed by atoms with Gasteiger partial charge in [-0.3, -0.25) is 19.6 Å². The molecule has 0 saturated heterocycles. The van der Waals surface area contributed by atoms with E-state index in [1.54, 1.807) is 25.1 Å². The Morgan fingerprint density at radius 1 is 1.04 bits per heavy atom. The maximum atomic E-state index is 13.7. The number of anilines is 2. The largest absolute Gasteiger partial charge is 0.424 e. The molecule has 1 aliphatic heterocycles. The highest BCUT2D eigenvalue weighted by atomic mass is 16.7. The number of pyridine rings is 1. The average molecular weight is 609 g/mol. The molecule has 0 radical (unpaired) electrons. The highest BCUT2D eigenvalue weighted by molar-refractivity contribution is 6.11. The normalized spacial score (nSPS) is 13.7. The fourth-order valence-electron chi connectivity index (χ4n) is 4.77.